The number of para-hydroxylation sites is 1. The van der Waals surface area contributed by atoms with Crippen molar-refractivity contribution < 1.29 is 13.2 Å². The number of nitrogens with zero attached hydrogens (tertiary/aromatic N) is 2. The molecule has 0 saturated carbocycles. The highest BCUT2D eigenvalue weighted by Crippen LogP contribution is 2.18. The first-order chi connectivity index (χ1) is 12.1. The van der Waals surface area contributed by atoms with Crippen LogP contribution in [0, 0.1) is 0 Å². The van der Waals surface area contributed by atoms with Crippen molar-refractivity contribution in [3.05, 3.63) is 78.1 Å². The van der Waals surface area contributed by atoms with Gasteiger partial charge in [0, 0.05) is 18.3 Å². The molecule has 3 rings (SSSR count). The Morgan fingerprint density at radius 1 is 1.08 bits per heavy atom. The summed E-state index contributed by atoms with van der Waals surface area (Å²) in [7, 11) is -2.09. The van der Waals surface area contributed by atoms with Gasteiger partial charge < -0.3 is 4.74 Å². The minimum absolute atomic E-state index is 0.137. The maximum absolute atomic E-state index is 12.5. The first-order valence-corrected chi connectivity index (χ1v) is 9.25. The van der Waals surface area contributed by atoms with E-state index in [1.807, 2.05) is 48.5 Å². The summed E-state index contributed by atoms with van der Waals surface area (Å²) in [5.74, 6) is 0.643. The molecule has 0 radical (unpaired) electrons. The van der Waals surface area contributed by atoms with E-state index in [0.717, 1.165) is 11.1 Å². The van der Waals surface area contributed by atoms with Gasteiger partial charge in [-0.05, 0) is 11.6 Å². The zero-order valence-corrected chi connectivity index (χ0v) is 14.6. The third-order valence-electron chi connectivity index (χ3n) is 3.75. The minimum atomic E-state index is -3.64. The molecule has 0 bridgehead atoms. The lowest BCUT2D eigenvalue weighted by Crippen LogP contribution is -2.23. The molecule has 6 nitrogen and oxygen atoms in total. The number of nitrogens with one attached hydrogen (secondary N) is 1. The van der Waals surface area contributed by atoms with E-state index in [9.17, 15) is 8.42 Å². The standard InChI is InChI=1S/C18H19N3O3S/c1-24-18-10-6-5-9-16(18)11-20-25(22,23)17-12-19-21(14-17)13-15-7-3-2-4-8-15/h2-10,12,14,20H,11,13H2,1H3. The van der Waals surface area contributed by atoms with Gasteiger partial charge in [-0.3, -0.25) is 4.68 Å². The highest BCUT2D eigenvalue weighted by atomic mass is 32.2. The zero-order chi connectivity index (χ0) is 17.7. The third-order valence-corrected chi connectivity index (χ3v) is 5.11. The van der Waals surface area contributed by atoms with E-state index in [1.54, 1.807) is 17.9 Å². The van der Waals surface area contributed by atoms with Crippen molar-refractivity contribution in [2.45, 2.75) is 18.0 Å². The molecule has 3 aromatic rings. The van der Waals surface area contributed by atoms with Crippen LogP contribution in [-0.4, -0.2) is 25.3 Å². The van der Waals surface area contributed by atoms with Crippen molar-refractivity contribution in [1.29, 1.82) is 0 Å². The van der Waals surface area contributed by atoms with Gasteiger partial charge in [0.2, 0.25) is 10.0 Å². The fraction of sp³-hybridized carbons (Fsp3) is 0.167. The van der Waals surface area contributed by atoms with E-state index in [1.165, 1.54) is 12.4 Å². The molecule has 2 aromatic carbocycles. The van der Waals surface area contributed by atoms with E-state index >= 15 is 0 Å². The van der Waals surface area contributed by atoms with Gasteiger partial charge in [-0.15, -0.1) is 0 Å². The van der Waals surface area contributed by atoms with Crippen molar-refractivity contribution in [1.82, 2.24) is 14.5 Å². The number of sulfonamides is 1. The summed E-state index contributed by atoms with van der Waals surface area (Å²) in [6.07, 6.45) is 2.88. The van der Waals surface area contributed by atoms with E-state index in [2.05, 4.69) is 9.82 Å². The number of benzene rings is 2. The highest BCUT2D eigenvalue weighted by molar-refractivity contribution is 7.89. The van der Waals surface area contributed by atoms with Crippen LogP contribution in [0.25, 0.3) is 0 Å². The normalized spacial score (nSPS) is 11.4. The topological polar surface area (TPSA) is 73.2 Å². The molecular weight excluding hydrogens is 338 g/mol. The highest BCUT2D eigenvalue weighted by Gasteiger charge is 2.17. The molecule has 0 unspecified atom stereocenters. The van der Waals surface area contributed by atoms with E-state index in [0.29, 0.717) is 12.3 Å². The average Bonchev–Trinajstić information content (AvgIpc) is 3.10. The first kappa shape index (κ1) is 17.2. The lowest BCUT2D eigenvalue weighted by Gasteiger charge is -2.09. The monoisotopic (exact) mass is 357 g/mol. The van der Waals surface area contributed by atoms with Crippen molar-refractivity contribution in [3.63, 3.8) is 0 Å². The van der Waals surface area contributed by atoms with Gasteiger partial charge in [0.15, 0.2) is 0 Å². The van der Waals surface area contributed by atoms with Gasteiger partial charge in [0.25, 0.3) is 0 Å². The zero-order valence-electron chi connectivity index (χ0n) is 13.8. The number of rotatable bonds is 7. The molecule has 130 valence electrons. The summed E-state index contributed by atoms with van der Waals surface area (Å²) >= 11 is 0. The summed E-state index contributed by atoms with van der Waals surface area (Å²) in [6.45, 7) is 0.666. The van der Waals surface area contributed by atoms with Gasteiger partial charge in [-0.1, -0.05) is 48.5 Å². The van der Waals surface area contributed by atoms with E-state index in [-0.39, 0.29) is 11.4 Å². The molecule has 25 heavy (non-hydrogen) atoms. The van der Waals surface area contributed by atoms with Gasteiger partial charge in [-0.2, -0.15) is 5.10 Å². The predicted octanol–water partition coefficient (Wildman–Crippen LogP) is 2.42. The molecule has 0 amide bonds. The maximum Gasteiger partial charge on any atom is 0.243 e. The smallest absolute Gasteiger partial charge is 0.243 e. The number of hydrogen-bond acceptors (Lipinski definition) is 4. The van der Waals surface area contributed by atoms with Gasteiger partial charge >= 0.3 is 0 Å². The summed E-state index contributed by atoms with van der Waals surface area (Å²) in [4.78, 5) is 0.137. The van der Waals surface area contributed by atoms with E-state index < -0.39 is 10.0 Å². The van der Waals surface area contributed by atoms with Crippen LogP contribution in [0.2, 0.25) is 0 Å². The van der Waals surface area contributed by atoms with Crippen molar-refractivity contribution in [2.24, 2.45) is 0 Å². The molecular formula is C18H19N3O3S. The Hall–Kier alpha value is -2.64. The number of ether oxygens (including phenoxy) is 1. The fourth-order valence-corrected chi connectivity index (χ4v) is 3.40. The summed E-state index contributed by atoms with van der Waals surface area (Å²) < 4.78 is 34.4. The molecule has 0 saturated heterocycles. The Morgan fingerprint density at radius 2 is 1.80 bits per heavy atom. The Morgan fingerprint density at radius 3 is 2.56 bits per heavy atom. The third kappa shape index (κ3) is 4.26. The SMILES string of the molecule is COc1ccccc1CNS(=O)(=O)c1cnn(Cc2ccccc2)c1. The lowest BCUT2D eigenvalue weighted by atomic mass is 10.2. The molecule has 1 aromatic heterocycles. The second-order valence-electron chi connectivity index (χ2n) is 5.50. The van der Waals surface area contributed by atoms with Crippen LogP contribution in [-0.2, 0) is 23.1 Å². The number of hydrogen-bond donors (Lipinski definition) is 1. The van der Waals surface area contributed by atoms with Crippen molar-refractivity contribution in [2.75, 3.05) is 7.11 Å². The molecule has 0 fully saturated rings. The predicted molar refractivity (Wildman–Crippen MR) is 94.8 cm³/mol. The van der Waals surface area contributed by atoms with Crippen molar-refractivity contribution >= 4 is 10.0 Å². The summed E-state index contributed by atoms with van der Waals surface area (Å²) in [5.41, 5.74) is 1.82. The van der Waals surface area contributed by atoms with Gasteiger partial charge in [0.05, 0.1) is 19.9 Å². The van der Waals surface area contributed by atoms with Crippen LogP contribution in [0.15, 0.2) is 71.9 Å². The van der Waals surface area contributed by atoms with Crippen LogP contribution < -0.4 is 9.46 Å². The van der Waals surface area contributed by atoms with E-state index in [4.69, 9.17) is 4.74 Å². The fourth-order valence-electron chi connectivity index (χ4n) is 2.45. The molecule has 1 heterocycles. The second kappa shape index (κ2) is 7.50. The minimum Gasteiger partial charge on any atom is -0.496 e. The van der Waals surface area contributed by atoms with Crippen LogP contribution in [0.3, 0.4) is 0 Å². The molecule has 0 aliphatic heterocycles. The number of methoxy groups -OCH3 is 1. The molecule has 0 aliphatic carbocycles. The largest absolute Gasteiger partial charge is 0.496 e. The molecule has 0 spiro atoms. The van der Waals surface area contributed by atoms with Crippen LogP contribution in [0.1, 0.15) is 11.1 Å². The molecule has 0 aliphatic rings. The van der Waals surface area contributed by atoms with Crippen molar-refractivity contribution in [3.8, 4) is 5.75 Å². The summed E-state index contributed by atoms with van der Waals surface area (Å²) in [5, 5.41) is 4.14. The first-order valence-electron chi connectivity index (χ1n) is 7.76. The quantitative estimate of drug-likeness (QED) is 0.705. The Kier molecular flexibility index (Phi) is 5.16. The molecule has 0 atom stereocenters. The van der Waals surface area contributed by atoms with Gasteiger partial charge in [0.1, 0.15) is 10.6 Å². The second-order valence-corrected chi connectivity index (χ2v) is 7.26. The van der Waals surface area contributed by atoms with Crippen LogP contribution in [0.5, 0.6) is 5.75 Å². The number of aromatic nitrogens is 2. The molecule has 7 heteroatoms. The Balaban J connectivity index is 1.70. The van der Waals surface area contributed by atoms with Crippen LogP contribution in [0.4, 0.5) is 0 Å². The average molecular weight is 357 g/mol. The lowest BCUT2D eigenvalue weighted by molar-refractivity contribution is 0.409. The Labute approximate surface area is 147 Å². The Bertz CT molecular complexity index is 937. The molecule has 1 N–H and O–H groups in total. The summed E-state index contributed by atoms with van der Waals surface area (Å²) in [6, 6.07) is 17.0. The van der Waals surface area contributed by atoms with Gasteiger partial charge in [-0.25, -0.2) is 13.1 Å². The van der Waals surface area contributed by atoms with Crippen LogP contribution >= 0.6 is 0 Å². The maximum atomic E-state index is 12.5.